The van der Waals surface area contributed by atoms with Crippen LogP contribution in [0, 0.1) is 10.1 Å². The van der Waals surface area contributed by atoms with Gasteiger partial charge in [0.25, 0.3) is 0 Å². The Balaban J connectivity index is 2.14. The van der Waals surface area contributed by atoms with Crippen LogP contribution in [0.15, 0.2) is 18.3 Å². The van der Waals surface area contributed by atoms with E-state index < -0.39 is 17.1 Å². The molecule has 1 aromatic heterocycles. The van der Waals surface area contributed by atoms with Gasteiger partial charge >= 0.3 is 5.82 Å². The van der Waals surface area contributed by atoms with Gasteiger partial charge in [-0.1, -0.05) is 0 Å². The first-order valence-corrected chi connectivity index (χ1v) is 4.95. The third-order valence-electron chi connectivity index (χ3n) is 2.51. The van der Waals surface area contributed by atoms with Crippen molar-refractivity contribution in [1.29, 1.82) is 0 Å². The van der Waals surface area contributed by atoms with E-state index in [2.05, 4.69) is 4.98 Å². The number of rotatable bonds is 4. The zero-order valence-corrected chi connectivity index (χ0v) is 9.03. The normalized spacial score (nSPS) is 23.0. The van der Waals surface area contributed by atoms with E-state index in [0.29, 0.717) is 0 Å². The minimum atomic E-state index is -0.644. The Morgan fingerprint density at radius 3 is 2.94 bits per heavy atom. The second-order valence-electron chi connectivity index (χ2n) is 3.57. The largest absolute Gasteiger partial charge is 0.479 e. The summed E-state index contributed by atoms with van der Waals surface area (Å²) in [6.07, 6.45) is 0.389. The molecular formula is C10H10N2O5. The molecule has 0 spiro atoms. The van der Waals surface area contributed by atoms with Crippen molar-refractivity contribution in [3.63, 3.8) is 0 Å². The van der Waals surface area contributed by atoms with Gasteiger partial charge in [0.2, 0.25) is 5.75 Å². The fourth-order valence-corrected chi connectivity index (χ4v) is 1.63. The molecule has 2 atom stereocenters. The molecule has 1 fully saturated rings. The highest BCUT2D eigenvalue weighted by Crippen LogP contribution is 2.29. The summed E-state index contributed by atoms with van der Waals surface area (Å²) in [5.74, 6) is -0.372. The molecule has 1 aliphatic rings. The van der Waals surface area contributed by atoms with Crippen LogP contribution in [-0.4, -0.2) is 35.0 Å². The molecule has 7 heteroatoms. The lowest BCUT2D eigenvalue weighted by Gasteiger charge is -2.33. The van der Waals surface area contributed by atoms with E-state index in [9.17, 15) is 14.9 Å². The summed E-state index contributed by atoms with van der Waals surface area (Å²) < 4.78 is 10.3. The van der Waals surface area contributed by atoms with Gasteiger partial charge in [0.05, 0.1) is 0 Å². The van der Waals surface area contributed by atoms with Gasteiger partial charge in [0.1, 0.15) is 12.3 Å². The number of hydrogen-bond donors (Lipinski definition) is 0. The Kier molecular flexibility index (Phi) is 3.01. The van der Waals surface area contributed by atoms with Crippen LogP contribution in [0.2, 0.25) is 0 Å². The highest BCUT2D eigenvalue weighted by atomic mass is 16.6. The van der Waals surface area contributed by atoms with Crippen LogP contribution in [0.1, 0.15) is 6.42 Å². The smallest absolute Gasteiger partial charge is 0.406 e. The number of hydrogen-bond acceptors (Lipinski definition) is 6. The van der Waals surface area contributed by atoms with Crippen LogP contribution in [0.5, 0.6) is 5.75 Å². The zero-order valence-electron chi connectivity index (χ0n) is 9.03. The fourth-order valence-electron chi connectivity index (χ4n) is 1.63. The van der Waals surface area contributed by atoms with E-state index >= 15 is 0 Å². The lowest BCUT2D eigenvalue weighted by Crippen LogP contribution is -2.51. The Hall–Kier alpha value is -2.02. The van der Waals surface area contributed by atoms with E-state index in [1.165, 1.54) is 25.4 Å². The number of pyridine rings is 1. The maximum atomic E-state index is 11.1. The van der Waals surface area contributed by atoms with Gasteiger partial charge < -0.3 is 19.6 Å². The third kappa shape index (κ3) is 2.09. The predicted octanol–water partition coefficient (Wildman–Crippen LogP) is 0.725. The lowest BCUT2D eigenvalue weighted by molar-refractivity contribution is -0.390. The summed E-state index contributed by atoms with van der Waals surface area (Å²) in [6, 6.07) is 2.98. The minimum Gasteiger partial charge on any atom is -0.479 e. The number of ketones is 1. The van der Waals surface area contributed by atoms with Crippen molar-refractivity contribution in [3.8, 4) is 5.75 Å². The first kappa shape index (κ1) is 11.5. The Labute approximate surface area is 96.5 Å². The molecule has 0 saturated heterocycles. The summed E-state index contributed by atoms with van der Waals surface area (Å²) in [5.41, 5.74) is 0. The quantitative estimate of drug-likeness (QED) is 0.567. The van der Waals surface area contributed by atoms with Gasteiger partial charge in [-0.15, -0.1) is 0 Å². The average molecular weight is 238 g/mol. The summed E-state index contributed by atoms with van der Waals surface area (Å²) in [6.45, 7) is 0. The number of methoxy groups -OCH3 is 1. The molecule has 1 aliphatic carbocycles. The highest BCUT2D eigenvalue weighted by molar-refractivity contribution is 5.90. The van der Waals surface area contributed by atoms with Crippen LogP contribution < -0.4 is 4.74 Å². The topological polar surface area (TPSA) is 91.6 Å². The molecule has 1 aromatic rings. The molecule has 2 rings (SSSR count). The van der Waals surface area contributed by atoms with Gasteiger partial charge in [-0.2, -0.15) is 0 Å². The monoisotopic (exact) mass is 238 g/mol. The fraction of sp³-hybridized carbons (Fsp3) is 0.400. The van der Waals surface area contributed by atoms with Gasteiger partial charge in [-0.25, -0.2) is 0 Å². The number of carbonyl (C=O) groups excluding carboxylic acids is 1. The number of aromatic nitrogens is 1. The highest BCUT2D eigenvalue weighted by Gasteiger charge is 2.42. The summed E-state index contributed by atoms with van der Waals surface area (Å²) in [7, 11) is 1.40. The minimum absolute atomic E-state index is 0.0528. The number of nitrogens with zero attached hydrogens (tertiary/aromatic N) is 2. The van der Waals surface area contributed by atoms with Gasteiger partial charge in [-0.3, -0.25) is 4.79 Å². The molecule has 17 heavy (non-hydrogen) atoms. The molecule has 0 bridgehead atoms. The molecule has 0 amide bonds. The number of carbonyl (C=O) groups is 1. The number of ether oxygens (including phenoxy) is 2. The SMILES string of the molecule is COC1C(=O)CC1Oc1cccnc1[N+](=O)[O-]. The third-order valence-corrected chi connectivity index (χ3v) is 2.51. The van der Waals surface area contributed by atoms with E-state index in [0.717, 1.165) is 0 Å². The molecule has 7 nitrogen and oxygen atoms in total. The van der Waals surface area contributed by atoms with Crippen LogP contribution in [-0.2, 0) is 9.53 Å². The molecule has 90 valence electrons. The maximum absolute atomic E-state index is 11.1. The Morgan fingerprint density at radius 1 is 1.59 bits per heavy atom. The summed E-state index contributed by atoms with van der Waals surface area (Å²) in [5, 5.41) is 10.7. The number of nitro groups is 1. The van der Waals surface area contributed by atoms with Crippen LogP contribution in [0.3, 0.4) is 0 Å². The van der Waals surface area contributed by atoms with Crippen molar-refractivity contribution < 1.29 is 19.2 Å². The Morgan fingerprint density at radius 2 is 2.35 bits per heavy atom. The van der Waals surface area contributed by atoms with E-state index in [-0.39, 0.29) is 23.8 Å². The Bertz CT molecular complexity index is 462. The van der Waals surface area contributed by atoms with Crippen LogP contribution in [0.4, 0.5) is 5.82 Å². The lowest BCUT2D eigenvalue weighted by atomic mass is 9.90. The number of Topliss-reactive ketones (excluding diaryl/α,β-unsaturated/α-hetero) is 1. The van der Waals surface area contributed by atoms with E-state index in [1.807, 2.05) is 0 Å². The molecular weight excluding hydrogens is 228 g/mol. The standard InChI is InChI=1S/C10H10N2O5/c1-16-9-6(13)5-8(9)17-7-3-2-4-11-10(7)12(14)15/h2-4,8-9H,5H2,1H3. The van der Waals surface area contributed by atoms with Crippen LogP contribution in [0.25, 0.3) is 0 Å². The second-order valence-corrected chi connectivity index (χ2v) is 3.57. The first-order chi connectivity index (χ1) is 8.13. The summed E-state index contributed by atoms with van der Waals surface area (Å²) in [4.78, 5) is 24.8. The first-order valence-electron chi connectivity index (χ1n) is 4.95. The molecule has 1 heterocycles. The van der Waals surface area contributed by atoms with Crippen molar-refractivity contribution in [3.05, 3.63) is 28.4 Å². The summed E-state index contributed by atoms with van der Waals surface area (Å²) >= 11 is 0. The second kappa shape index (κ2) is 4.46. The van der Waals surface area contributed by atoms with Crippen molar-refractivity contribution in [1.82, 2.24) is 4.98 Å². The molecule has 2 unspecified atom stereocenters. The zero-order chi connectivity index (χ0) is 12.4. The van der Waals surface area contributed by atoms with Gasteiger partial charge in [-0.05, 0) is 22.0 Å². The van der Waals surface area contributed by atoms with Crippen molar-refractivity contribution >= 4 is 11.6 Å². The van der Waals surface area contributed by atoms with Crippen molar-refractivity contribution in [2.75, 3.05) is 7.11 Å². The molecule has 0 radical (unpaired) electrons. The van der Waals surface area contributed by atoms with Crippen molar-refractivity contribution in [2.24, 2.45) is 0 Å². The van der Waals surface area contributed by atoms with Crippen molar-refractivity contribution in [2.45, 2.75) is 18.6 Å². The molecule has 0 aromatic carbocycles. The molecule has 1 saturated carbocycles. The van der Waals surface area contributed by atoms with E-state index in [4.69, 9.17) is 9.47 Å². The molecule has 0 N–H and O–H groups in total. The maximum Gasteiger partial charge on any atom is 0.406 e. The predicted molar refractivity (Wildman–Crippen MR) is 55.7 cm³/mol. The van der Waals surface area contributed by atoms with Gasteiger partial charge in [0, 0.05) is 13.5 Å². The molecule has 0 aliphatic heterocycles. The van der Waals surface area contributed by atoms with Gasteiger partial charge in [0.15, 0.2) is 11.9 Å². The van der Waals surface area contributed by atoms with Crippen LogP contribution >= 0.6 is 0 Å². The average Bonchev–Trinajstić information content (AvgIpc) is 2.29. The van der Waals surface area contributed by atoms with E-state index in [1.54, 1.807) is 0 Å².